The number of aromatic nitrogens is 3. The number of thiazole rings is 1. The minimum absolute atomic E-state index is 0.149. The molecule has 202 valence electrons. The Morgan fingerprint density at radius 2 is 2.05 bits per heavy atom. The lowest BCUT2D eigenvalue weighted by atomic mass is 10.1. The molecule has 1 aliphatic heterocycles. The van der Waals surface area contributed by atoms with E-state index in [2.05, 4.69) is 25.9 Å². The molecule has 1 fully saturated rings. The molecule has 0 aliphatic carbocycles. The summed E-state index contributed by atoms with van der Waals surface area (Å²) in [6.45, 7) is 0.719. The first-order valence-corrected chi connectivity index (χ1v) is 13.2. The molecule has 3 amide bonds. The minimum atomic E-state index is -0.784. The normalized spacial score (nSPS) is 17.8. The van der Waals surface area contributed by atoms with Crippen LogP contribution < -0.4 is 27.4 Å². The first-order valence-electron chi connectivity index (χ1n) is 11.9. The van der Waals surface area contributed by atoms with E-state index in [0.29, 0.717) is 48.0 Å². The summed E-state index contributed by atoms with van der Waals surface area (Å²) in [5.41, 5.74) is 12.5. The highest BCUT2D eigenvalue weighted by atomic mass is 35.5. The van der Waals surface area contributed by atoms with Crippen LogP contribution in [0.2, 0.25) is 5.02 Å². The molecule has 13 nitrogen and oxygen atoms in total. The van der Waals surface area contributed by atoms with Crippen LogP contribution in [-0.4, -0.2) is 75.2 Å². The molecule has 1 saturated heterocycles. The van der Waals surface area contributed by atoms with Crippen molar-refractivity contribution in [3.8, 4) is 0 Å². The highest BCUT2D eigenvalue weighted by Crippen LogP contribution is 2.34. The zero-order valence-corrected chi connectivity index (χ0v) is 22.2. The first kappa shape index (κ1) is 27.3. The van der Waals surface area contributed by atoms with Gasteiger partial charge in [0, 0.05) is 44.0 Å². The van der Waals surface area contributed by atoms with Crippen molar-refractivity contribution >= 4 is 52.3 Å². The Morgan fingerprint density at radius 3 is 2.79 bits per heavy atom. The molecule has 0 radical (unpaired) electrons. The zero-order valence-electron chi connectivity index (χ0n) is 20.6. The summed E-state index contributed by atoms with van der Waals surface area (Å²) in [6.07, 6.45) is 4.63. The van der Waals surface area contributed by atoms with Crippen LogP contribution in [0.15, 0.2) is 29.9 Å². The number of nitrogens with two attached hydrogens (primary N) is 2. The second-order valence-electron chi connectivity index (χ2n) is 8.90. The molecule has 4 rings (SSSR count). The van der Waals surface area contributed by atoms with Crippen molar-refractivity contribution in [2.75, 3.05) is 20.1 Å². The van der Waals surface area contributed by atoms with E-state index in [-0.39, 0.29) is 35.2 Å². The van der Waals surface area contributed by atoms with E-state index in [1.807, 2.05) is 0 Å². The smallest absolute Gasteiger partial charge is 0.274 e. The lowest BCUT2D eigenvalue weighted by molar-refractivity contribution is -0.122. The zero-order chi connectivity index (χ0) is 27.4. The summed E-state index contributed by atoms with van der Waals surface area (Å²) in [6, 6.07) is 1.98. The number of fused-ring (bicyclic) bond motifs is 1. The number of nitrogens with one attached hydrogen (secondary N) is 4. The summed E-state index contributed by atoms with van der Waals surface area (Å²) >= 11 is 7.30. The predicted octanol–water partition coefficient (Wildman–Crippen LogP) is 0.466. The SMILES string of the molecule is CNC(=O)[C@H](CCCNC(=N)N)NC(=O)c1csc([C@@H]2C[C@@H](N)CN2C(=O)c2cn3cc(Cl)ccc3n2)n1. The highest BCUT2D eigenvalue weighted by Gasteiger charge is 2.38. The lowest BCUT2D eigenvalue weighted by Crippen LogP contribution is -2.46. The Hall–Kier alpha value is -3.75. The predicted molar refractivity (Wildman–Crippen MR) is 143 cm³/mol. The molecule has 3 aromatic rings. The molecule has 0 bridgehead atoms. The molecule has 8 N–H and O–H groups in total. The molecule has 15 heteroatoms. The topological polar surface area (TPSA) is 197 Å². The molecular weight excluding hydrogens is 532 g/mol. The second kappa shape index (κ2) is 11.8. The van der Waals surface area contributed by atoms with Crippen molar-refractivity contribution in [2.24, 2.45) is 11.5 Å². The fraction of sp³-hybridized carbons (Fsp3) is 0.391. The van der Waals surface area contributed by atoms with E-state index in [4.69, 9.17) is 28.5 Å². The molecule has 4 heterocycles. The standard InChI is InChI=1S/C23H29ClN10O3S/c1-28-19(35)14(3-2-6-29-23(26)27)31-20(36)16-11-38-21(32-16)17-7-13(25)9-34(17)22(37)15-10-33-8-12(24)4-5-18(33)30-15/h4-5,8,10-11,13-14,17H,2-3,6-7,9,25H2,1H3,(H,28,35)(H,31,36)(H4,26,27,29)/t13-,14+,17+/m1/s1. The molecule has 0 unspecified atom stereocenters. The van der Waals surface area contributed by atoms with Crippen LogP contribution in [0.25, 0.3) is 5.65 Å². The molecule has 0 spiro atoms. The summed E-state index contributed by atoms with van der Waals surface area (Å²) < 4.78 is 1.69. The number of rotatable bonds is 9. The van der Waals surface area contributed by atoms with Crippen LogP contribution in [0, 0.1) is 5.41 Å². The molecule has 1 aliphatic rings. The van der Waals surface area contributed by atoms with Gasteiger partial charge in [-0.2, -0.15) is 0 Å². The van der Waals surface area contributed by atoms with Gasteiger partial charge in [-0.3, -0.25) is 19.8 Å². The maximum atomic E-state index is 13.4. The van der Waals surface area contributed by atoms with E-state index >= 15 is 0 Å². The lowest BCUT2D eigenvalue weighted by Gasteiger charge is -2.22. The third kappa shape index (κ3) is 6.20. The Bertz CT molecular complexity index is 1360. The van der Waals surface area contributed by atoms with Gasteiger partial charge in [0.25, 0.3) is 11.8 Å². The van der Waals surface area contributed by atoms with Crippen molar-refractivity contribution < 1.29 is 14.4 Å². The summed E-state index contributed by atoms with van der Waals surface area (Å²) in [4.78, 5) is 49.1. The van der Waals surface area contributed by atoms with Crippen molar-refractivity contribution in [3.63, 3.8) is 0 Å². The van der Waals surface area contributed by atoms with Crippen molar-refractivity contribution in [2.45, 2.75) is 37.4 Å². The minimum Gasteiger partial charge on any atom is -0.370 e. The van der Waals surface area contributed by atoms with Gasteiger partial charge in [0.1, 0.15) is 28.1 Å². The van der Waals surface area contributed by atoms with Crippen molar-refractivity contribution in [1.29, 1.82) is 5.41 Å². The highest BCUT2D eigenvalue weighted by molar-refractivity contribution is 7.09. The van der Waals surface area contributed by atoms with E-state index in [0.717, 1.165) is 0 Å². The largest absolute Gasteiger partial charge is 0.370 e. The van der Waals surface area contributed by atoms with Gasteiger partial charge < -0.3 is 36.7 Å². The number of nitrogens with zero attached hydrogens (tertiary/aromatic N) is 4. The Morgan fingerprint density at radius 1 is 1.26 bits per heavy atom. The third-order valence-electron chi connectivity index (χ3n) is 6.12. The van der Waals surface area contributed by atoms with Crippen LogP contribution in [-0.2, 0) is 4.79 Å². The number of guanidine groups is 1. The van der Waals surface area contributed by atoms with Gasteiger partial charge in [0.2, 0.25) is 5.91 Å². The maximum absolute atomic E-state index is 13.4. The summed E-state index contributed by atoms with van der Waals surface area (Å²) in [7, 11) is 1.49. The monoisotopic (exact) mass is 560 g/mol. The van der Waals surface area contributed by atoms with E-state index in [9.17, 15) is 14.4 Å². The third-order valence-corrected chi connectivity index (χ3v) is 7.29. The fourth-order valence-corrected chi connectivity index (χ4v) is 5.38. The second-order valence-corrected chi connectivity index (χ2v) is 10.2. The Kier molecular flexibility index (Phi) is 8.44. The van der Waals surface area contributed by atoms with Gasteiger partial charge in [0.05, 0.1) is 11.1 Å². The van der Waals surface area contributed by atoms with Crippen molar-refractivity contribution in [1.82, 2.24) is 35.2 Å². The maximum Gasteiger partial charge on any atom is 0.274 e. The van der Waals surface area contributed by atoms with Gasteiger partial charge in [-0.05, 0) is 31.4 Å². The number of amides is 3. The van der Waals surface area contributed by atoms with Crippen molar-refractivity contribution in [3.05, 3.63) is 51.3 Å². The number of halogens is 1. The van der Waals surface area contributed by atoms with Crippen LogP contribution in [0.4, 0.5) is 0 Å². The van der Waals surface area contributed by atoms with Crippen LogP contribution in [0.1, 0.15) is 51.3 Å². The number of hydrogen-bond acceptors (Lipinski definition) is 8. The average molecular weight is 561 g/mol. The number of carbonyl (C=O) groups excluding carboxylic acids is 3. The number of likely N-dealkylation sites (N-methyl/N-ethyl adjacent to an activating group) is 1. The first-order chi connectivity index (χ1) is 18.2. The molecule has 0 saturated carbocycles. The van der Waals surface area contributed by atoms with Gasteiger partial charge in [-0.1, -0.05) is 11.6 Å². The van der Waals surface area contributed by atoms with Gasteiger partial charge in [-0.15, -0.1) is 11.3 Å². The van der Waals surface area contributed by atoms with Gasteiger partial charge in [0.15, 0.2) is 5.96 Å². The fourth-order valence-electron chi connectivity index (χ4n) is 4.29. The Labute approximate surface area is 227 Å². The molecule has 3 atom stereocenters. The molecule has 38 heavy (non-hydrogen) atoms. The van der Waals surface area contributed by atoms with Gasteiger partial charge >= 0.3 is 0 Å². The van der Waals surface area contributed by atoms with Crippen LogP contribution in [0.3, 0.4) is 0 Å². The average Bonchev–Trinajstić information content (AvgIpc) is 3.62. The van der Waals surface area contributed by atoms with Crippen LogP contribution in [0.5, 0.6) is 0 Å². The number of imidazole rings is 1. The molecule has 0 aromatic carbocycles. The number of likely N-dealkylation sites (tertiary alicyclic amines) is 1. The molecule has 3 aromatic heterocycles. The number of hydrogen-bond donors (Lipinski definition) is 6. The summed E-state index contributed by atoms with van der Waals surface area (Å²) in [5.74, 6) is -1.30. The van der Waals surface area contributed by atoms with E-state index in [1.54, 1.807) is 39.2 Å². The quantitative estimate of drug-likeness (QED) is 0.123. The van der Waals surface area contributed by atoms with Gasteiger partial charge in [-0.25, -0.2) is 9.97 Å². The number of carbonyl (C=O) groups is 3. The molecular formula is C23H29ClN10O3S. The van der Waals surface area contributed by atoms with E-state index < -0.39 is 18.0 Å². The van der Waals surface area contributed by atoms with Crippen LogP contribution >= 0.6 is 22.9 Å². The van der Waals surface area contributed by atoms with E-state index in [1.165, 1.54) is 18.4 Å². The Balaban J connectivity index is 1.46. The number of pyridine rings is 1. The summed E-state index contributed by atoms with van der Waals surface area (Å²) in [5, 5.41) is 17.8.